The molecule has 1 aliphatic rings. The van der Waals surface area contributed by atoms with Crippen molar-refractivity contribution >= 4 is 34.9 Å². The molecule has 0 aliphatic carbocycles. The Bertz CT molecular complexity index is 1110. The number of amides is 2. The van der Waals surface area contributed by atoms with E-state index in [0.29, 0.717) is 24.6 Å². The smallest absolute Gasteiger partial charge is 0.329 e. The number of hydrogen-bond donors (Lipinski definition) is 3. The van der Waals surface area contributed by atoms with Gasteiger partial charge in [0.2, 0.25) is 11.8 Å². The fourth-order valence-corrected chi connectivity index (χ4v) is 3.45. The Morgan fingerprint density at radius 2 is 2.07 bits per heavy atom. The van der Waals surface area contributed by atoms with Gasteiger partial charge >= 0.3 is 5.69 Å². The van der Waals surface area contributed by atoms with Crippen molar-refractivity contribution in [1.82, 2.24) is 9.55 Å². The van der Waals surface area contributed by atoms with E-state index in [-0.39, 0.29) is 28.5 Å². The number of H-pyrrole nitrogens is 1. The van der Waals surface area contributed by atoms with Gasteiger partial charge in [-0.25, -0.2) is 4.79 Å². The quantitative estimate of drug-likeness (QED) is 0.643. The maximum Gasteiger partial charge on any atom is 0.329 e. The average molecular weight is 435 g/mol. The van der Waals surface area contributed by atoms with Crippen LogP contribution in [0.4, 0.5) is 11.5 Å². The number of methoxy groups -OCH3 is 1. The molecule has 10 heteroatoms. The summed E-state index contributed by atoms with van der Waals surface area (Å²) in [6.07, 6.45) is 0.427. The van der Waals surface area contributed by atoms with Crippen LogP contribution in [0.3, 0.4) is 0 Å². The van der Waals surface area contributed by atoms with Gasteiger partial charge in [-0.15, -0.1) is 0 Å². The normalized spacial score (nSPS) is 15.5. The van der Waals surface area contributed by atoms with Crippen LogP contribution in [0.25, 0.3) is 0 Å². The van der Waals surface area contributed by atoms with E-state index in [4.69, 9.17) is 16.3 Å². The largest absolute Gasteiger partial charge is 0.497 e. The summed E-state index contributed by atoms with van der Waals surface area (Å²) < 4.78 is 6.44. The summed E-state index contributed by atoms with van der Waals surface area (Å²) in [5.41, 5.74) is -0.989. The molecule has 1 aromatic heterocycles. The maximum absolute atomic E-state index is 13.0. The predicted octanol–water partition coefficient (Wildman–Crippen LogP) is 2.31. The summed E-state index contributed by atoms with van der Waals surface area (Å²) in [6.45, 7) is 4.29. The highest BCUT2D eigenvalue weighted by Crippen LogP contribution is 2.32. The lowest BCUT2D eigenvalue weighted by Crippen LogP contribution is -2.42. The molecule has 9 nitrogen and oxygen atoms in total. The molecule has 0 bridgehead atoms. The van der Waals surface area contributed by atoms with Gasteiger partial charge in [0.1, 0.15) is 11.6 Å². The lowest BCUT2D eigenvalue weighted by molar-refractivity contribution is -0.123. The Morgan fingerprint density at radius 1 is 1.33 bits per heavy atom. The zero-order valence-electron chi connectivity index (χ0n) is 16.9. The summed E-state index contributed by atoms with van der Waals surface area (Å²) >= 11 is 6.15. The number of carbonyl (C=O) groups excluding carboxylic acids is 2. The average Bonchev–Trinajstić information content (AvgIpc) is 2.68. The van der Waals surface area contributed by atoms with E-state index in [1.165, 1.54) is 17.7 Å². The van der Waals surface area contributed by atoms with Crippen LogP contribution in [0, 0.1) is 5.92 Å². The molecule has 0 fully saturated rings. The number of benzene rings is 1. The molecule has 1 aromatic carbocycles. The van der Waals surface area contributed by atoms with Crippen molar-refractivity contribution in [2.75, 3.05) is 17.7 Å². The number of rotatable bonds is 6. The molecule has 2 aromatic rings. The Morgan fingerprint density at radius 3 is 2.73 bits per heavy atom. The lowest BCUT2D eigenvalue weighted by atomic mass is 9.92. The first-order valence-electron chi connectivity index (χ1n) is 9.52. The van der Waals surface area contributed by atoms with Crippen LogP contribution < -0.4 is 26.6 Å². The van der Waals surface area contributed by atoms with Crippen molar-refractivity contribution in [2.45, 2.75) is 39.2 Å². The van der Waals surface area contributed by atoms with E-state index in [1.807, 2.05) is 13.8 Å². The number of fused-ring (bicyclic) bond motifs is 1. The first kappa shape index (κ1) is 21.6. The zero-order valence-corrected chi connectivity index (χ0v) is 17.6. The molecule has 0 spiro atoms. The number of anilines is 2. The number of nitrogens with zero attached hydrogens (tertiary/aromatic N) is 1. The van der Waals surface area contributed by atoms with Crippen LogP contribution in [0.15, 0.2) is 27.8 Å². The number of aromatic amines is 1. The third-order valence-corrected chi connectivity index (χ3v) is 5.24. The molecule has 30 heavy (non-hydrogen) atoms. The number of hydrogen-bond acceptors (Lipinski definition) is 5. The Labute approximate surface area is 177 Å². The third kappa shape index (κ3) is 4.40. The van der Waals surface area contributed by atoms with Gasteiger partial charge in [-0.2, -0.15) is 0 Å². The Hall–Kier alpha value is -3.07. The molecule has 1 atom stereocenters. The fraction of sp³-hybridized carbons (Fsp3) is 0.400. The second kappa shape index (κ2) is 8.74. The molecule has 1 unspecified atom stereocenters. The van der Waals surface area contributed by atoms with Gasteiger partial charge in [-0.1, -0.05) is 25.4 Å². The minimum Gasteiger partial charge on any atom is -0.497 e. The van der Waals surface area contributed by atoms with Crippen LogP contribution in [0.1, 0.15) is 38.2 Å². The zero-order chi connectivity index (χ0) is 22.0. The molecule has 160 valence electrons. The number of carbonyl (C=O) groups is 2. The van der Waals surface area contributed by atoms with Crippen molar-refractivity contribution in [3.8, 4) is 5.75 Å². The van der Waals surface area contributed by atoms with Gasteiger partial charge < -0.3 is 15.4 Å². The number of nitrogens with one attached hydrogen (secondary N) is 3. The maximum atomic E-state index is 13.0. The van der Waals surface area contributed by atoms with Gasteiger partial charge in [0, 0.05) is 19.0 Å². The molecule has 0 radical (unpaired) electrons. The van der Waals surface area contributed by atoms with E-state index in [0.717, 1.165) is 0 Å². The van der Waals surface area contributed by atoms with Gasteiger partial charge in [0.15, 0.2) is 0 Å². The third-order valence-electron chi connectivity index (χ3n) is 4.91. The van der Waals surface area contributed by atoms with Crippen LogP contribution in [0.5, 0.6) is 5.75 Å². The summed E-state index contributed by atoms with van der Waals surface area (Å²) in [5, 5.41) is 5.52. The van der Waals surface area contributed by atoms with Crippen molar-refractivity contribution in [3.63, 3.8) is 0 Å². The highest BCUT2D eigenvalue weighted by Gasteiger charge is 2.35. The fourth-order valence-electron chi connectivity index (χ4n) is 3.29. The molecule has 0 saturated heterocycles. The Kier molecular flexibility index (Phi) is 6.31. The van der Waals surface area contributed by atoms with Gasteiger partial charge in [-0.05, 0) is 24.5 Å². The predicted molar refractivity (Wildman–Crippen MR) is 113 cm³/mol. The highest BCUT2D eigenvalue weighted by molar-refractivity contribution is 6.33. The number of ether oxygens (including phenoxy) is 1. The number of halogens is 1. The van der Waals surface area contributed by atoms with Crippen molar-refractivity contribution in [3.05, 3.63) is 49.6 Å². The van der Waals surface area contributed by atoms with Crippen LogP contribution in [-0.2, 0) is 16.1 Å². The van der Waals surface area contributed by atoms with E-state index in [1.54, 1.807) is 12.1 Å². The Balaban J connectivity index is 2.02. The SMILES string of the molecule is COc1ccc(Cl)c(NC(=O)C2CC(=O)Nc3c2c(=O)[nH]c(=O)n3CCC(C)C)c1. The van der Waals surface area contributed by atoms with Crippen molar-refractivity contribution in [1.29, 1.82) is 0 Å². The number of aromatic nitrogens is 2. The summed E-state index contributed by atoms with van der Waals surface area (Å²) in [4.78, 5) is 52.5. The van der Waals surface area contributed by atoms with Gasteiger partial charge in [0.05, 0.1) is 29.3 Å². The molecule has 0 saturated carbocycles. The standard InChI is InChI=1S/C20H23ClN4O5/c1-10(2)6-7-25-17-16(19(28)24-20(25)29)12(9-15(26)23-17)18(27)22-14-8-11(30-3)4-5-13(14)21/h4-5,8,10,12H,6-7,9H2,1-3H3,(H,22,27)(H,23,26)(H,24,28,29). The van der Waals surface area contributed by atoms with E-state index in [2.05, 4.69) is 15.6 Å². The minimum atomic E-state index is -1.08. The molecule has 3 N–H and O–H groups in total. The van der Waals surface area contributed by atoms with E-state index < -0.39 is 29.0 Å². The molecule has 2 heterocycles. The first-order chi connectivity index (χ1) is 14.2. The minimum absolute atomic E-state index is 0.0504. The highest BCUT2D eigenvalue weighted by atomic mass is 35.5. The second-order valence-electron chi connectivity index (χ2n) is 7.50. The summed E-state index contributed by atoms with van der Waals surface area (Å²) in [5.74, 6) is -1.27. The van der Waals surface area contributed by atoms with Crippen LogP contribution in [0.2, 0.25) is 5.02 Å². The summed E-state index contributed by atoms with van der Waals surface area (Å²) in [6, 6.07) is 4.74. The van der Waals surface area contributed by atoms with E-state index >= 15 is 0 Å². The molecular weight excluding hydrogens is 412 g/mol. The summed E-state index contributed by atoms with van der Waals surface area (Å²) in [7, 11) is 1.48. The first-order valence-corrected chi connectivity index (χ1v) is 9.90. The second-order valence-corrected chi connectivity index (χ2v) is 7.90. The van der Waals surface area contributed by atoms with Crippen LogP contribution >= 0.6 is 11.6 Å². The molecule has 3 rings (SSSR count). The van der Waals surface area contributed by atoms with Crippen molar-refractivity contribution < 1.29 is 14.3 Å². The molecule has 2 amide bonds. The lowest BCUT2D eigenvalue weighted by Gasteiger charge is -2.26. The van der Waals surface area contributed by atoms with E-state index in [9.17, 15) is 19.2 Å². The van der Waals surface area contributed by atoms with Gasteiger partial charge in [0.25, 0.3) is 5.56 Å². The molecular formula is C20H23ClN4O5. The van der Waals surface area contributed by atoms with Gasteiger partial charge in [-0.3, -0.25) is 23.9 Å². The monoisotopic (exact) mass is 434 g/mol. The topological polar surface area (TPSA) is 122 Å². The van der Waals surface area contributed by atoms with Crippen LogP contribution in [-0.4, -0.2) is 28.5 Å². The van der Waals surface area contributed by atoms with Crippen molar-refractivity contribution in [2.24, 2.45) is 5.92 Å². The molecule has 1 aliphatic heterocycles.